The Labute approximate surface area is 102 Å². The summed E-state index contributed by atoms with van der Waals surface area (Å²) in [5.74, 6) is 1.38. The van der Waals surface area contributed by atoms with E-state index in [1.807, 2.05) is 32.0 Å². The molecule has 2 aromatic rings. The predicted octanol–water partition coefficient (Wildman–Crippen LogP) is 2.98. The van der Waals surface area contributed by atoms with Crippen LogP contribution in [0.15, 0.2) is 30.3 Å². The highest BCUT2D eigenvalue weighted by Gasteiger charge is 2.02. The molecule has 0 saturated carbocycles. The van der Waals surface area contributed by atoms with Crippen molar-refractivity contribution >= 4 is 0 Å². The van der Waals surface area contributed by atoms with Gasteiger partial charge in [0.1, 0.15) is 12.4 Å². The number of rotatable bonds is 3. The van der Waals surface area contributed by atoms with Gasteiger partial charge in [0.2, 0.25) is 5.88 Å². The van der Waals surface area contributed by atoms with Crippen LogP contribution in [0.4, 0.5) is 0 Å². The molecule has 1 aromatic heterocycles. The van der Waals surface area contributed by atoms with Crippen LogP contribution < -0.4 is 4.74 Å². The topological polar surface area (TPSA) is 35.0 Å². The number of aromatic nitrogens is 2. The van der Waals surface area contributed by atoms with Crippen LogP contribution in [0.25, 0.3) is 0 Å². The number of nitrogens with zero attached hydrogens (tertiary/aromatic N) is 2. The molecule has 0 bridgehead atoms. The van der Waals surface area contributed by atoms with Gasteiger partial charge in [0.05, 0.1) is 0 Å². The number of hydrogen-bond acceptors (Lipinski definition) is 3. The first kappa shape index (κ1) is 11.6. The van der Waals surface area contributed by atoms with Gasteiger partial charge in [0.25, 0.3) is 0 Å². The van der Waals surface area contributed by atoms with Crippen LogP contribution in [0.5, 0.6) is 5.88 Å². The third-order valence-electron chi connectivity index (χ3n) is 2.58. The first-order valence-electron chi connectivity index (χ1n) is 5.65. The van der Waals surface area contributed by atoms with Crippen LogP contribution in [0.2, 0.25) is 0 Å². The SMILES string of the molecule is Cc1cc(OCc2ccccc2C)nc(C)n1. The molecule has 0 amide bonds. The minimum atomic E-state index is 0.544. The predicted molar refractivity (Wildman–Crippen MR) is 67.0 cm³/mol. The number of hydrogen-bond donors (Lipinski definition) is 0. The lowest BCUT2D eigenvalue weighted by Gasteiger charge is -2.08. The second kappa shape index (κ2) is 4.95. The van der Waals surface area contributed by atoms with Gasteiger partial charge in [0.15, 0.2) is 0 Å². The van der Waals surface area contributed by atoms with Crippen LogP contribution in [0, 0.1) is 20.8 Å². The molecule has 0 aliphatic heterocycles. The van der Waals surface area contributed by atoms with Crippen molar-refractivity contribution in [3.8, 4) is 5.88 Å². The van der Waals surface area contributed by atoms with Gasteiger partial charge in [-0.2, -0.15) is 4.98 Å². The summed E-state index contributed by atoms with van der Waals surface area (Å²) in [4.78, 5) is 8.46. The number of aryl methyl sites for hydroxylation is 3. The molecule has 0 aliphatic rings. The molecule has 88 valence electrons. The molecule has 17 heavy (non-hydrogen) atoms. The summed E-state index contributed by atoms with van der Waals surface area (Å²) in [6, 6.07) is 10.0. The van der Waals surface area contributed by atoms with Gasteiger partial charge < -0.3 is 4.74 Å². The molecular formula is C14H16N2O. The van der Waals surface area contributed by atoms with Gasteiger partial charge in [-0.3, -0.25) is 0 Å². The highest BCUT2D eigenvalue weighted by molar-refractivity contribution is 5.25. The normalized spacial score (nSPS) is 10.3. The molecule has 3 nitrogen and oxygen atoms in total. The van der Waals surface area contributed by atoms with Crippen molar-refractivity contribution in [1.29, 1.82) is 0 Å². The van der Waals surface area contributed by atoms with Crippen molar-refractivity contribution < 1.29 is 4.74 Å². The summed E-state index contributed by atoms with van der Waals surface area (Å²) in [6.07, 6.45) is 0. The van der Waals surface area contributed by atoms with Gasteiger partial charge in [-0.15, -0.1) is 0 Å². The lowest BCUT2D eigenvalue weighted by Crippen LogP contribution is -2.01. The van der Waals surface area contributed by atoms with E-state index < -0.39 is 0 Å². The molecule has 0 saturated heterocycles. The Balaban J connectivity index is 2.10. The third kappa shape index (κ3) is 3.03. The summed E-state index contributed by atoms with van der Waals surface area (Å²) in [7, 11) is 0. The van der Waals surface area contributed by atoms with Crippen molar-refractivity contribution in [1.82, 2.24) is 9.97 Å². The van der Waals surface area contributed by atoms with Gasteiger partial charge in [0, 0.05) is 11.8 Å². The summed E-state index contributed by atoms with van der Waals surface area (Å²) in [6.45, 7) is 6.43. The highest BCUT2D eigenvalue weighted by Crippen LogP contribution is 2.13. The van der Waals surface area contributed by atoms with Crippen LogP contribution in [-0.2, 0) is 6.61 Å². The Morgan fingerprint density at radius 3 is 2.53 bits per heavy atom. The first-order valence-corrected chi connectivity index (χ1v) is 5.65. The number of benzene rings is 1. The maximum absolute atomic E-state index is 5.68. The molecule has 1 heterocycles. The molecule has 0 radical (unpaired) electrons. The highest BCUT2D eigenvalue weighted by atomic mass is 16.5. The molecule has 0 spiro atoms. The van der Waals surface area contributed by atoms with E-state index in [2.05, 4.69) is 29.0 Å². The minimum Gasteiger partial charge on any atom is -0.473 e. The number of ether oxygens (including phenoxy) is 1. The molecule has 0 atom stereocenters. The molecule has 0 N–H and O–H groups in total. The summed E-state index contributed by atoms with van der Waals surface area (Å²) >= 11 is 0. The minimum absolute atomic E-state index is 0.544. The molecule has 3 heteroatoms. The van der Waals surface area contributed by atoms with E-state index in [1.54, 1.807) is 0 Å². The lowest BCUT2D eigenvalue weighted by atomic mass is 10.1. The van der Waals surface area contributed by atoms with Crippen LogP contribution in [0.3, 0.4) is 0 Å². The van der Waals surface area contributed by atoms with E-state index in [0.717, 1.165) is 11.5 Å². The van der Waals surface area contributed by atoms with Crippen molar-refractivity contribution in [3.05, 3.63) is 53.0 Å². The molecule has 1 aromatic carbocycles. The second-order valence-electron chi connectivity index (χ2n) is 4.11. The zero-order chi connectivity index (χ0) is 12.3. The van der Waals surface area contributed by atoms with Gasteiger partial charge >= 0.3 is 0 Å². The Kier molecular flexibility index (Phi) is 3.38. The largest absolute Gasteiger partial charge is 0.473 e. The van der Waals surface area contributed by atoms with Crippen molar-refractivity contribution in [2.45, 2.75) is 27.4 Å². The molecule has 0 aliphatic carbocycles. The van der Waals surface area contributed by atoms with E-state index in [-0.39, 0.29) is 0 Å². The first-order chi connectivity index (χ1) is 8.15. The zero-order valence-corrected chi connectivity index (χ0v) is 10.4. The monoisotopic (exact) mass is 228 g/mol. The fraction of sp³-hybridized carbons (Fsp3) is 0.286. The van der Waals surface area contributed by atoms with Crippen molar-refractivity contribution in [2.75, 3.05) is 0 Å². The fourth-order valence-corrected chi connectivity index (χ4v) is 1.68. The fourth-order valence-electron chi connectivity index (χ4n) is 1.68. The maximum atomic E-state index is 5.68. The quantitative estimate of drug-likeness (QED) is 0.810. The molecule has 2 rings (SSSR count). The van der Waals surface area contributed by atoms with E-state index in [4.69, 9.17) is 4.74 Å². The average Bonchev–Trinajstić information content (AvgIpc) is 2.27. The smallest absolute Gasteiger partial charge is 0.217 e. The zero-order valence-electron chi connectivity index (χ0n) is 10.4. The average molecular weight is 228 g/mol. The Morgan fingerprint density at radius 1 is 1.06 bits per heavy atom. The van der Waals surface area contributed by atoms with Crippen molar-refractivity contribution in [2.24, 2.45) is 0 Å². The Bertz CT molecular complexity index is 503. The lowest BCUT2D eigenvalue weighted by molar-refractivity contribution is 0.291. The molecule has 0 unspecified atom stereocenters. The Hall–Kier alpha value is -1.90. The van der Waals surface area contributed by atoms with E-state index in [9.17, 15) is 0 Å². The summed E-state index contributed by atoms with van der Waals surface area (Å²) in [5.41, 5.74) is 3.34. The standard InChI is InChI=1S/C14H16N2O/c1-10-6-4-5-7-13(10)9-17-14-8-11(2)15-12(3)16-14/h4-8H,9H2,1-3H3. The molecule has 0 fully saturated rings. The van der Waals surface area contributed by atoms with Crippen LogP contribution >= 0.6 is 0 Å². The summed E-state index contributed by atoms with van der Waals surface area (Å²) < 4.78 is 5.68. The van der Waals surface area contributed by atoms with E-state index in [0.29, 0.717) is 12.5 Å². The van der Waals surface area contributed by atoms with E-state index in [1.165, 1.54) is 11.1 Å². The Morgan fingerprint density at radius 2 is 1.82 bits per heavy atom. The van der Waals surface area contributed by atoms with Crippen LogP contribution in [-0.4, -0.2) is 9.97 Å². The van der Waals surface area contributed by atoms with Crippen molar-refractivity contribution in [3.63, 3.8) is 0 Å². The maximum Gasteiger partial charge on any atom is 0.217 e. The summed E-state index contributed by atoms with van der Waals surface area (Å²) in [5, 5.41) is 0. The van der Waals surface area contributed by atoms with E-state index >= 15 is 0 Å². The van der Waals surface area contributed by atoms with Gasteiger partial charge in [-0.1, -0.05) is 24.3 Å². The van der Waals surface area contributed by atoms with Crippen LogP contribution in [0.1, 0.15) is 22.6 Å². The second-order valence-corrected chi connectivity index (χ2v) is 4.11. The molecular weight excluding hydrogens is 212 g/mol. The van der Waals surface area contributed by atoms with Gasteiger partial charge in [-0.25, -0.2) is 4.98 Å². The van der Waals surface area contributed by atoms with Gasteiger partial charge in [-0.05, 0) is 31.9 Å². The third-order valence-corrected chi connectivity index (χ3v) is 2.58.